The Morgan fingerprint density at radius 2 is 2.28 bits per heavy atom. The van der Waals surface area contributed by atoms with E-state index in [1.54, 1.807) is 18.7 Å². The number of nitrogens with one attached hydrogen (secondary N) is 1. The molecule has 0 aliphatic carbocycles. The molecule has 1 heterocycles. The van der Waals surface area contributed by atoms with E-state index >= 15 is 0 Å². The number of hydrogen-bond donors (Lipinski definition) is 2. The van der Waals surface area contributed by atoms with Crippen LogP contribution in [0.4, 0.5) is 0 Å². The van der Waals surface area contributed by atoms with Gasteiger partial charge in [-0.05, 0) is 24.1 Å². The molecular formula is C10H15NO4S3. The summed E-state index contributed by atoms with van der Waals surface area (Å²) in [5, 5.41) is 10.4. The maximum absolute atomic E-state index is 12.0. The van der Waals surface area contributed by atoms with Gasteiger partial charge >= 0.3 is 5.97 Å². The highest BCUT2D eigenvalue weighted by Gasteiger charge is 2.25. The molecule has 2 N–H and O–H groups in total. The second-order valence-corrected chi connectivity index (χ2v) is 7.52. The summed E-state index contributed by atoms with van der Waals surface area (Å²) in [5.74, 6) is 0.341. The summed E-state index contributed by atoms with van der Waals surface area (Å²) in [6, 6.07) is 1.08. The fourth-order valence-electron chi connectivity index (χ4n) is 1.32. The number of carboxylic acids is 1. The van der Waals surface area contributed by atoms with Gasteiger partial charge in [-0.15, -0.1) is 11.3 Å². The Morgan fingerprint density at radius 3 is 2.83 bits per heavy atom. The average molecular weight is 309 g/mol. The van der Waals surface area contributed by atoms with Crippen molar-refractivity contribution < 1.29 is 18.3 Å². The minimum atomic E-state index is -3.76. The Morgan fingerprint density at radius 1 is 1.61 bits per heavy atom. The van der Waals surface area contributed by atoms with E-state index in [-0.39, 0.29) is 15.8 Å². The minimum absolute atomic E-state index is 0.155. The number of sulfonamides is 1. The van der Waals surface area contributed by atoms with Crippen LogP contribution in [-0.2, 0) is 10.0 Å². The Balaban J connectivity index is 2.86. The van der Waals surface area contributed by atoms with Crippen molar-refractivity contribution in [3.8, 4) is 0 Å². The SMILES string of the molecule is CCSCC(C)NS(=O)(=O)c1ccsc1C(=O)O. The lowest BCUT2D eigenvalue weighted by Crippen LogP contribution is -2.34. The van der Waals surface area contributed by atoms with Crippen LogP contribution < -0.4 is 4.72 Å². The number of carbonyl (C=O) groups is 1. The molecular weight excluding hydrogens is 294 g/mol. The molecule has 0 bridgehead atoms. The van der Waals surface area contributed by atoms with Gasteiger partial charge in [-0.3, -0.25) is 0 Å². The number of thiophene rings is 1. The fourth-order valence-corrected chi connectivity index (χ4v) is 4.60. The molecule has 18 heavy (non-hydrogen) atoms. The summed E-state index contributed by atoms with van der Waals surface area (Å²) < 4.78 is 26.5. The second kappa shape index (κ2) is 6.55. The van der Waals surface area contributed by atoms with E-state index in [2.05, 4.69) is 4.72 Å². The van der Waals surface area contributed by atoms with E-state index in [1.165, 1.54) is 11.4 Å². The molecule has 0 aromatic carbocycles. The zero-order valence-corrected chi connectivity index (χ0v) is 12.5. The van der Waals surface area contributed by atoms with E-state index < -0.39 is 16.0 Å². The van der Waals surface area contributed by atoms with Gasteiger partial charge in [0.05, 0.1) is 0 Å². The molecule has 0 saturated carbocycles. The third-order valence-corrected chi connectivity index (χ3v) is 5.85. The van der Waals surface area contributed by atoms with E-state index in [0.29, 0.717) is 5.75 Å². The lowest BCUT2D eigenvalue weighted by atomic mass is 10.4. The van der Waals surface area contributed by atoms with Crippen LogP contribution >= 0.6 is 23.1 Å². The van der Waals surface area contributed by atoms with Crippen molar-refractivity contribution in [2.75, 3.05) is 11.5 Å². The quantitative estimate of drug-likeness (QED) is 0.803. The maximum Gasteiger partial charge on any atom is 0.347 e. The van der Waals surface area contributed by atoms with E-state index in [1.807, 2.05) is 6.92 Å². The number of hydrogen-bond acceptors (Lipinski definition) is 5. The van der Waals surface area contributed by atoms with Crippen molar-refractivity contribution in [2.45, 2.75) is 24.8 Å². The largest absolute Gasteiger partial charge is 0.477 e. The molecule has 1 aromatic rings. The van der Waals surface area contributed by atoms with Crippen molar-refractivity contribution in [1.82, 2.24) is 4.72 Å². The maximum atomic E-state index is 12.0. The van der Waals surface area contributed by atoms with Crippen molar-refractivity contribution in [1.29, 1.82) is 0 Å². The van der Waals surface area contributed by atoms with Crippen molar-refractivity contribution in [3.63, 3.8) is 0 Å². The van der Waals surface area contributed by atoms with Crippen LogP contribution in [0.3, 0.4) is 0 Å². The summed E-state index contributed by atoms with van der Waals surface area (Å²) in [6.45, 7) is 3.75. The third kappa shape index (κ3) is 3.98. The lowest BCUT2D eigenvalue weighted by molar-refractivity contribution is 0.0698. The highest BCUT2D eigenvalue weighted by Crippen LogP contribution is 2.22. The van der Waals surface area contributed by atoms with Crippen molar-refractivity contribution >= 4 is 39.1 Å². The topological polar surface area (TPSA) is 83.5 Å². The molecule has 0 spiro atoms. The molecule has 5 nitrogen and oxygen atoms in total. The highest BCUT2D eigenvalue weighted by molar-refractivity contribution is 7.99. The van der Waals surface area contributed by atoms with Gasteiger partial charge < -0.3 is 5.11 Å². The summed E-state index contributed by atoms with van der Waals surface area (Å²) in [7, 11) is -3.76. The number of rotatable bonds is 7. The highest BCUT2D eigenvalue weighted by atomic mass is 32.2. The van der Waals surface area contributed by atoms with Crippen LogP contribution in [0.2, 0.25) is 0 Å². The average Bonchev–Trinajstić information content (AvgIpc) is 2.75. The minimum Gasteiger partial charge on any atom is -0.477 e. The van der Waals surface area contributed by atoms with Crippen LogP contribution in [0.15, 0.2) is 16.3 Å². The monoisotopic (exact) mass is 309 g/mol. The second-order valence-electron chi connectivity index (χ2n) is 3.60. The van der Waals surface area contributed by atoms with Crippen LogP contribution in [0.25, 0.3) is 0 Å². The fraction of sp³-hybridized carbons (Fsp3) is 0.500. The van der Waals surface area contributed by atoms with Crippen LogP contribution in [0.5, 0.6) is 0 Å². The van der Waals surface area contributed by atoms with Gasteiger partial charge in [-0.25, -0.2) is 17.9 Å². The summed E-state index contributed by atoms with van der Waals surface area (Å²) in [5.41, 5.74) is 0. The van der Waals surface area contributed by atoms with E-state index in [9.17, 15) is 13.2 Å². The molecule has 0 radical (unpaired) electrons. The number of thioether (sulfide) groups is 1. The Labute approximate surface area is 115 Å². The predicted octanol–water partition coefficient (Wildman–Crippen LogP) is 1.87. The molecule has 0 aliphatic rings. The van der Waals surface area contributed by atoms with Crippen LogP contribution in [-0.4, -0.2) is 37.0 Å². The first-order chi connectivity index (χ1) is 8.38. The van der Waals surface area contributed by atoms with E-state index in [0.717, 1.165) is 17.1 Å². The Hall–Kier alpha value is -0.570. The van der Waals surface area contributed by atoms with Crippen molar-refractivity contribution in [2.24, 2.45) is 0 Å². The lowest BCUT2D eigenvalue weighted by Gasteiger charge is -2.13. The molecule has 0 amide bonds. The van der Waals surface area contributed by atoms with Gasteiger partial charge in [-0.2, -0.15) is 11.8 Å². The molecule has 1 rings (SSSR count). The first kappa shape index (κ1) is 15.5. The molecule has 1 aromatic heterocycles. The molecule has 0 fully saturated rings. The van der Waals surface area contributed by atoms with Gasteiger partial charge in [-0.1, -0.05) is 6.92 Å². The standard InChI is InChI=1S/C10H15NO4S3/c1-3-16-6-7(2)11-18(14,15)8-4-5-17-9(8)10(12)13/h4-5,7,11H,3,6H2,1-2H3,(H,12,13). The van der Waals surface area contributed by atoms with Crippen LogP contribution in [0, 0.1) is 0 Å². The molecule has 0 aliphatic heterocycles. The normalized spacial score (nSPS) is 13.4. The Bertz CT molecular complexity index is 509. The Kier molecular flexibility index (Phi) is 5.64. The summed E-state index contributed by atoms with van der Waals surface area (Å²) in [6.07, 6.45) is 0. The van der Waals surface area contributed by atoms with Crippen molar-refractivity contribution in [3.05, 3.63) is 16.3 Å². The van der Waals surface area contributed by atoms with E-state index in [4.69, 9.17) is 5.11 Å². The molecule has 1 atom stereocenters. The smallest absolute Gasteiger partial charge is 0.347 e. The van der Waals surface area contributed by atoms with Gasteiger partial charge in [0.2, 0.25) is 10.0 Å². The molecule has 8 heteroatoms. The summed E-state index contributed by atoms with van der Waals surface area (Å²) in [4.78, 5) is 10.6. The predicted molar refractivity (Wildman–Crippen MR) is 74.1 cm³/mol. The molecule has 1 unspecified atom stereocenters. The van der Waals surface area contributed by atoms with Crippen LogP contribution in [0.1, 0.15) is 23.5 Å². The molecule has 0 saturated heterocycles. The van der Waals surface area contributed by atoms with Gasteiger partial charge in [0, 0.05) is 11.8 Å². The van der Waals surface area contributed by atoms with Gasteiger partial charge in [0.15, 0.2) is 0 Å². The molecule has 102 valence electrons. The zero-order valence-electron chi connectivity index (χ0n) is 10.0. The summed E-state index contributed by atoms with van der Waals surface area (Å²) >= 11 is 2.53. The van der Waals surface area contributed by atoms with Gasteiger partial charge in [0.25, 0.3) is 0 Å². The number of aromatic carboxylic acids is 1. The first-order valence-corrected chi connectivity index (χ1v) is 8.81. The zero-order chi connectivity index (χ0) is 13.8. The third-order valence-electron chi connectivity index (χ3n) is 2.04. The van der Waals surface area contributed by atoms with Gasteiger partial charge in [0.1, 0.15) is 9.77 Å². The number of carboxylic acid groups (broad SMARTS) is 1. The first-order valence-electron chi connectivity index (χ1n) is 5.29.